The molecule has 0 aliphatic carbocycles. The SMILES string of the molecule is CN(C)S(=O)(=O)c1cccc(CNc2ccc(C(=O)N3CCCC3)cc2)c1. The molecule has 27 heavy (non-hydrogen) atoms. The van der Waals surface area contributed by atoms with Crippen LogP contribution in [0.2, 0.25) is 0 Å². The maximum absolute atomic E-state index is 12.4. The Hall–Kier alpha value is -2.38. The van der Waals surface area contributed by atoms with Crippen LogP contribution in [0.1, 0.15) is 28.8 Å². The van der Waals surface area contributed by atoms with E-state index in [0.29, 0.717) is 12.1 Å². The maximum Gasteiger partial charge on any atom is 0.253 e. The Morgan fingerprint density at radius 1 is 1.07 bits per heavy atom. The van der Waals surface area contributed by atoms with Crippen molar-refractivity contribution in [2.45, 2.75) is 24.3 Å². The van der Waals surface area contributed by atoms with Gasteiger partial charge in [-0.1, -0.05) is 12.1 Å². The summed E-state index contributed by atoms with van der Waals surface area (Å²) >= 11 is 0. The Bertz CT molecular complexity index is 902. The van der Waals surface area contributed by atoms with Gasteiger partial charge in [-0.3, -0.25) is 4.79 Å². The molecule has 1 amide bonds. The summed E-state index contributed by atoms with van der Waals surface area (Å²) in [6.45, 7) is 2.17. The highest BCUT2D eigenvalue weighted by molar-refractivity contribution is 7.89. The second-order valence-electron chi connectivity index (χ2n) is 6.87. The number of benzene rings is 2. The van der Waals surface area contributed by atoms with Crippen molar-refractivity contribution in [3.63, 3.8) is 0 Å². The van der Waals surface area contributed by atoms with E-state index in [-0.39, 0.29) is 10.8 Å². The van der Waals surface area contributed by atoms with Crippen LogP contribution < -0.4 is 5.32 Å². The number of carbonyl (C=O) groups excluding carboxylic acids is 1. The molecule has 0 radical (unpaired) electrons. The zero-order valence-corrected chi connectivity index (χ0v) is 16.5. The number of carbonyl (C=O) groups is 1. The fourth-order valence-corrected chi connectivity index (χ4v) is 4.04. The molecule has 1 saturated heterocycles. The Balaban J connectivity index is 1.64. The van der Waals surface area contributed by atoms with Gasteiger partial charge in [-0.25, -0.2) is 12.7 Å². The average molecular weight is 388 g/mol. The molecular weight excluding hydrogens is 362 g/mol. The van der Waals surface area contributed by atoms with Gasteiger partial charge in [0, 0.05) is 45.0 Å². The number of amides is 1. The number of likely N-dealkylation sites (tertiary alicyclic amines) is 1. The van der Waals surface area contributed by atoms with Crippen molar-refractivity contribution in [1.29, 1.82) is 0 Å². The van der Waals surface area contributed by atoms with Crippen molar-refractivity contribution in [3.05, 3.63) is 59.7 Å². The van der Waals surface area contributed by atoms with Gasteiger partial charge >= 0.3 is 0 Å². The first-order chi connectivity index (χ1) is 12.9. The van der Waals surface area contributed by atoms with E-state index in [2.05, 4.69) is 5.32 Å². The van der Waals surface area contributed by atoms with Crippen molar-refractivity contribution in [2.75, 3.05) is 32.5 Å². The molecule has 6 nitrogen and oxygen atoms in total. The number of anilines is 1. The van der Waals surface area contributed by atoms with Crippen molar-refractivity contribution in [3.8, 4) is 0 Å². The summed E-state index contributed by atoms with van der Waals surface area (Å²) in [5.41, 5.74) is 2.45. The standard InChI is InChI=1S/C20H25N3O3S/c1-22(2)27(25,26)19-7-5-6-16(14-19)15-21-18-10-8-17(9-11-18)20(24)23-12-3-4-13-23/h5-11,14,21H,3-4,12-13,15H2,1-2H3. The normalized spacial score (nSPS) is 14.6. The largest absolute Gasteiger partial charge is 0.381 e. The highest BCUT2D eigenvalue weighted by Gasteiger charge is 2.19. The number of rotatable bonds is 6. The molecule has 0 saturated carbocycles. The van der Waals surface area contributed by atoms with Gasteiger partial charge in [-0.2, -0.15) is 0 Å². The molecule has 0 unspecified atom stereocenters. The van der Waals surface area contributed by atoms with Crippen LogP contribution in [0.25, 0.3) is 0 Å². The van der Waals surface area contributed by atoms with Crippen LogP contribution in [-0.4, -0.2) is 50.7 Å². The molecule has 2 aromatic carbocycles. The highest BCUT2D eigenvalue weighted by Crippen LogP contribution is 2.18. The van der Waals surface area contributed by atoms with E-state index in [0.717, 1.165) is 37.2 Å². The lowest BCUT2D eigenvalue weighted by atomic mass is 10.1. The van der Waals surface area contributed by atoms with Crippen LogP contribution in [-0.2, 0) is 16.6 Å². The molecule has 1 N–H and O–H groups in total. The lowest BCUT2D eigenvalue weighted by Crippen LogP contribution is -2.27. The first-order valence-corrected chi connectivity index (χ1v) is 10.5. The Morgan fingerprint density at radius 3 is 2.37 bits per heavy atom. The second kappa shape index (κ2) is 8.10. The van der Waals surface area contributed by atoms with E-state index in [4.69, 9.17) is 0 Å². The van der Waals surface area contributed by atoms with Gasteiger partial charge < -0.3 is 10.2 Å². The third kappa shape index (κ3) is 4.48. The highest BCUT2D eigenvalue weighted by atomic mass is 32.2. The molecule has 0 bridgehead atoms. The monoisotopic (exact) mass is 387 g/mol. The van der Waals surface area contributed by atoms with Gasteiger partial charge in [-0.05, 0) is 54.8 Å². The minimum Gasteiger partial charge on any atom is -0.381 e. The van der Waals surface area contributed by atoms with Crippen molar-refractivity contribution < 1.29 is 13.2 Å². The van der Waals surface area contributed by atoms with Gasteiger partial charge in [0.15, 0.2) is 0 Å². The number of sulfonamides is 1. The zero-order valence-electron chi connectivity index (χ0n) is 15.7. The average Bonchev–Trinajstić information content (AvgIpc) is 3.21. The molecule has 0 spiro atoms. The van der Waals surface area contributed by atoms with Crippen LogP contribution >= 0.6 is 0 Å². The summed E-state index contributed by atoms with van der Waals surface area (Å²) in [6, 6.07) is 14.3. The van der Waals surface area contributed by atoms with E-state index in [1.165, 1.54) is 18.4 Å². The van der Waals surface area contributed by atoms with Crippen molar-refractivity contribution in [2.24, 2.45) is 0 Å². The first-order valence-electron chi connectivity index (χ1n) is 9.02. The van der Waals surface area contributed by atoms with Crippen molar-refractivity contribution >= 4 is 21.6 Å². The summed E-state index contributed by atoms with van der Waals surface area (Å²) in [6.07, 6.45) is 2.15. The Labute approximate surface area is 160 Å². The predicted octanol–water partition coefficient (Wildman–Crippen LogP) is 2.79. The van der Waals surface area contributed by atoms with Crippen LogP contribution in [0.4, 0.5) is 5.69 Å². The van der Waals surface area contributed by atoms with Gasteiger partial charge in [0.25, 0.3) is 5.91 Å². The first kappa shape index (κ1) is 19.4. The Kier molecular flexibility index (Phi) is 5.82. The molecule has 2 aromatic rings. The van der Waals surface area contributed by atoms with Crippen LogP contribution in [0.5, 0.6) is 0 Å². The summed E-state index contributed by atoms with van der Waals surface area (Å²) in [5, 5.41) is 3.27. The third-order valence-corrected chi connectivity index (χ3v) is 6.51. The predicted molar refractivity (Wildman–Crippen MR) is 106 cm³/mol. The number of hydrogen-bond acceptors (Lipinski definition) is 4. The van der Waals surface area contributed by atoms with Gasteiger partial charge in [-0.15, -0.1) is 0 Å². The maximum atomic E-state index is 12.4. The zero-order chi connectivity index (χ0) is 19.4. The third-order valence-electron chi connectivity index (χ3n) is 4.70. The van der Waals surface area contributed by atoms with Gasteiger partial charge in [0.2, 0.25) is 10.0 Å². The summed E-state index contributed by atoms with van der Waals surface area (Å²) in [7, 11) is -0.404. The minimum atomic E-state index is -3.44. The van der Waals surface area contributed by atoms with Gasteiger partial charge in [0.1, 0.15) is 0 Å². The fourth-order valence-electron chi connectivity index (χ4n) is 3.06. The van der Waals surface area contributed by atoms with Crippen LogP contribution in [0.15, 0.2) is 53.4 Å². The van der Waals surface area contributed by atoms with Crippen LogP contribution in [0, 0.1) is 0 Å². The molecule has 1 aliphatic rings. The molecule has 144 valence electrons. The molecular formula is C20H25N3O3S. The number of hydrogen-bond donors (Lipinski definition) is 1. The van der Waals surface area contributed by atoms with E-state index in [1.54, 1.807) is 18.2 Å². The van der Waals surface area contributed by atoms with E-state index in [1.807, 2.05) is 35.2 Å². The van der Waals surface area contributed by atoms with Crippen molar-refractivity contribution in [1.82, 2.24) is 9.21 Å². The quantitative estimate of drug-likeness (QED) is 0.827. The lowest BCUT2D eigenvalue weighted by molar-refractivity contribution is 0.0793. The van der Waals surface area contributed by atoms with E-state index < -0.39 is 10.0 Å². The fraction of sp³-hybridized carbons (Fsp3) is 0.350. The van der Waals surface area contributed by atoms with Crippen LogP contribution in [0.3, 0.4) is 0 Å². The molecule has 1 heterocycles. The van der Waals surface area contributed by atoms with E-state index in [9.17, 15) is 13.2 Å². The molecule has 7 heteroatoms. The summed E-state index contributed by atoms with van der Waals surface area (Å²) in [5.74, 6) is 0.0839. The summed E-state index contributed by atoms with van der Waals surface area (Å²) in [4.78, 5) is 14.5. The van der Waals surface area contributed by atoms with E-state index >= 15 is 0 Å². The number of nitrogens with one attached hydrogen (secondary N) is 1. The molecule has 0 atom stereocenters. The molecule has 0 aromatic heterocycles. The minimum absolute atomic E-state index is 0.0839. The Morgan fingerprint density at radius 2 is 1.74 bits per heavy atom. The van der Waals surface area contributed by atoms with Gasteiger partial charge in [0.05, 0.1) is 4.90 Å². The molecule has 1 fully saturated rings. The number of nitrogens with zero attached hydrogens (tertiary/aromatic N) is 2. The molecule has 3 rings (SSSR count). The lowest BCUT2D eigenvalue weighted by Gasteiger charge is -2.15. The summed E-state index contributed by atoms with van der Waals surface area (Å²) < 4.78 is 25.7. The smallest absolute Gasteiger partial charge is 0.253 e. The molecule has 1 aliphatic heterocycles. The second-order valence-corrected chi connectivity index (χ2v) is 9.02. The topological polar surface area (TPSA) is 69.7 Å².